The van der Waals surface area contributed by atoms with E-state index in [9.17, 15) is 9.18 Å². The average molecular weight is 398 g/mol. The Bertz CT molecular complexity index is 850. The zero-order chi connectivity index (χ0) is 20.2. The molecule has 0 bridgehead atoms. The lowest BCUT2D eigenvalue weighted by Gasteiger charge is -2.29. The number of ether oxygens (including phenoxy) is 2. The molecule has 154 valence electrons. The van der Waals surface area contributed by atoms with Gasteiger partial charge in [0, 0.05) is 38.2 Å². The van der Waals surface area contributed by atoms with E-state index in [0.717, 1.165) is 55.3 Å². The Morgan fingerprint density at radius 1 is 1.10 bits per heavy atom. The number of benzene rings is 2. The second-order valence-corrected chi connectivity index (χ2v) is 7.72. The lowest BCUT2D eigenvalue weighted by atomic mass is 10.0. The van der Waals surface area contributed by atoms with Gasteiger partial charge in [0.15, 0.2) is 0 Å². The van der Waals surface area contributed by atoms with Gasteiger partial charge in [0.2, 0.25) is 5.91 Å². The van der Waals surface area contributed by atoms with Gasteiger partial charge in [-0.05, 0) is 42.3 Å². The van der Waals surface area contributed by atoms with E-state index in [4.69, 9.17) is 9.47 Å². The summed E-state index contributed by atoms with van der Waals surface area (Å²) in [5.41, 5.74) is 2.91. The largest absolute Gasteiger partial charge is 0.491 e. The Morgan fingerprint density at radius 2 is 1.83 bits per heavy atom. The van der Waals surface area contributed by atoms with Crippen LogP contribution in [-0.4, -0.2) is 61.2 Å². The Balaban J connectivity index is 1.48. The maximum Gasteiger partial charge on any atom is 0.224 e. The van der Waals surface area contributed by atoms with Crippen molar-refractivity contribution in [3.63, 3.8) is 0 Å². The minimum atomic E-state index is -0.252. The van der Waals surface area contributed by atoms with Crippen molar-refractivity contribution < 1.29 is 18.7 Å². The van der Waals surface area contributed by atoms with Crippen molar-refractivity contribution in [1.29, 1.82) is 0 Å². The molecule has 2 heterocycles. The molecule has 0 saturated carbocycles. The maximum atomic E-state index is 13.2. The van der Waals surface area contributed by atoms with E-state index in [1.54, 1.807) is 12.1 Å². The minimum absolute atomic E-state index is 0.00820. The van der Waals surface area contributed by atoms with Crippen molar-refractivity contribution in [2.24, 2.45) is 0 Å². The third-order valence-electron chi connectivity index (χ3n) is 5.66. The molecule has 2 aliphatic heterocycles. The van der Waals surface area contributed by atoms with Crippen molar-refractivity contribution >= 4 is 5.91 Å². The van der Waals surface area contributed by atoms with Crippen LogP contribution in [0.1, 0.15) is 18.9 Å². The third-order valence-corrected chi connectivity index (χ3v) is 5.66. The predicted octanol–water partition coefficient (Wildman–Crippen LogP) is 3.32. The van der Waals surface area contributed by atoms with Crippen LogP contribution in [0.15, 0.2) is 42.5 Å². The minimum Gasteiger partial charge on any atom is -0.491 e. The van der Waals surface area contributed by atoms with Gasteiger partial charge in [-0.1, -0.05) is 18.2 Å². The van der Waals surface area contributed by atoms with E-state index in [1.165, 1.54) is 12.1 Å². The molecule has 2 aromatic rings. The van der Waals surface area contributed by atoms with Crippen LogP contribution < -0.4 is 4.74 Å². The Kier molecular flexibility index (Phi) is 6.11. The van der Waals surface area contributed by atoms with Crippen molar-refractivity contribution in [2.45, 2.75) is 25.9 Å². The Labute approximate surface area is 171 Å². The number of rotatable bonds is 4. The molecule has 4 rings (SSSR count). The molecule has 1 saturated heterocycles. The number of halogens is 1. The van der Waals surface area contributed by atoms with E-state index >= 15 is 0 Å². The zero-order valence-electron chi connectivity index (χ0n) is 16.8. The first-order valence-electron chi connectivity index (χ1n) is 10.2. The molecule has 2 aliphatic rings. The molecule has 29 heavy (non-hydrogen) atoms. The summed E-state index contributed by atoms with van der Waals surface area (Å²) in [6.07, 6.45) is 0.497. The molecule has 0 unspecified atom stereocenters. The molecule has 0 aromatic heterocycles. The van der Waals surface area contributed by atoms with E-state index in [2.05, 4.69) is 4.90 Å². The predicted molar refractivity (Wildman–Crippen MR) is 109 cm³/mol. The average Bonchev–Trinajstić information content (AvgIpc) is 2.92. The highest BCUT2D eigenvalue weighted by atomic mass is 19.1. The van der Waals surface area contributed by atoms with Gasteiger partial charge in [0.25, 0.3) is 0 Å². The first-order chi connectivity index (χ1) is 14.1. The summed E-state index contributed by atoms with van der Waals surface area (Å²) < 4.78 is 24.6. The van der Waals surface area contributed by atoms with Gasteiger partial charge in [-0.15, -0.1) is 0 Å². The molecule has 2 aromatic carbocycles. The number of hydrogen-bond donors (Lipinski definition) is 0. The van der Waals surface area contributed by atoms with Crippen molar-refractivity contribution in [3.05, 3.63) is 53.8 Å². The summed E-state index contributed by atoms with van der Waals surface area (Å²) in [7, 11) is 0. The topological polar surface area (TPSA) is 42.0 Å². The fraction of sp³-hybridized carbons (Fsp3) is 0.435. The molecule has 0 spiro atoms. The lowest BCUT2D eigenvalue weighted by Crippen LogP contribution is -2.43. The molecule has 0 radical (unpaired) electrons. The van der Waals surface area contributed by atoms with Crippen LogP contribution in [0.25, 0.3) is 11.1 Å². The normalized spacial score (nSPS) is 19.9. The van der Waals surface area contributed by atoms with Gasteiger partial charge in [-0.3, -0.25) is 9.69 Å². The SMILES string of the molecule is C[C@H]1COc2ccc(-c3ccc(F)cc3)cc2CN1C(=O)CCN1CCOCC1. The summed E-state index contributed by atoms with van der Waals surface area (Å²) in [4.78, 5) is 17.2. The van der Waals surface area contributed by atoms with Crippen molar-refractivity contribution in [1.82, 2.24) is 9.80 Å². The summed E-state index contributed by atoms with van der Waals surface area (Å²) >= 11 is 0. The van der Waals surface area contributed by atoms with E-state index < -0.39 is 0 Å². The van der Waals surface area contributed by atoms with Crippen LogP contribution in [0.3, 0.4) is 0 Å². The highest BCUT2D eigenvalue weighted by molar-refractivity contribution is 5.77. The summed E-state index contributed by atoms with van der Waals surface area (Å²) in [6.45, 7) is 7.03. The number of nitrogens with zero attached hydrogens (tertiary/aromatic N) is 2. The lowest BCUT2D eigenvalue weighted by molar-refractivity contribution is -0.134. The summed E-state index contributed by atoms with van der Waals surface area (Å²) in [5, 5.41) is 0. The molecule has 5 nitrogen and oxygen atoms in total. The fourth-order valence-corrected chi connectivity index (χ4v) is 3.86. The molecular formula is C23H27FN2O3. The smallest absolute Gasteiger partial charge is 0.224 e. The number of amides is 1. The summed E-state index contributed by atoms with van der Waals surface area (Å²) in [6, 6.07) is 12.4. The highest BCUT2D eigenvalue weighted by Gasteiger charge is 2.26. The molecule has 1 atom stereocenters. The van der Waals surface area contributed by atoms with Gasteiger partial charge >= 0.3 is 0 Å². The van der Waals surface area contributed by atoms with E-state index in [-0.39, 0.29) is 17.8 Å². The van der Waals surface area contributed by atoms with Crippen LogP contribution in [0.5, 0.6) is 5.75 Å². The van der Waals surface area contributed by atoms with Crippen molar-refractivity contribution in [3.8, 4) is 16.9 Å². The summed E-state index contributed by atoms with van der Waals surface area (Å²) in [5.74, 6) is 0.705. The standard InChI is InChI=1S/C23H27FN2O3/c1-17-16-29-22-7-4-19(18-2-5-21(24)6-3-18)14-20(22)15-26(17)23(27)8-9-25-10-12-28-13-11-25/h2-7,14,17H,8-13,15-16H2,1H3/t17-/m0/s1. The first kappa shape index (κ1) is 19.9. The van der Waals surface area contributed by atoms with Crippen molar-refractivity contribution in [2.75, 3.05) is 39.5 Å². The number of hydrogen-bond acceptors (Lipinski definition) is 4. The van der Waals surface area contributed by atoms with Crippen LogP contribution in [0.4, 0.5) is 4.39 Å². The molecule has 6 heteroatoms. The Morgan fingerprint density at radius 3 is 2.59 bits per heavy atom. The van der Waals surface area contributed by atoms with Gasteiger partial charge in [0.05, 0.1) is 19.3 Å². The first-order valence-corrected chi connectivity index (χ1v) is 10.2. The number of morpholine rings is 1. The quantitative estimate of drug-likeness (QED) is 0.792. The van der Waals surface area contributed by atoms with Gasteiger partial charge in [-0.2, -0.15) is 0 Å². The van der Waals surface area contributed by atoms with Crippen LogP contribution in [-0.2, 0) is 16.1 Å². The monoisotopic (exact) mass is 398 g/mol. The van der Waals surface area contributed by atoms with Crippen LogP contribution in [0.2, 0.25) is 0 Å². The van der Waals surface area contributed by atoms with E-state index in [0.29, 0.717) is 19.6 Å². The Hall–Kier alpha value is -2.44. The molecule has 1 fully saturated rings. The number of carbonyl (C=O) groups excluding carboxylic acids is 1. The van der Waals surface area contributed by atoms with E-state index in [1.807, 2.05) is 30.0 Å². The maximum absolute atomic E-state index is 13.2. The highest BCUT2D eigenvalue weighted by Crippen LogP contribution is 2.30. The molecule has 1 amide bonds. The second-order valence-electron chi connectivity index (χ2n) is 7.72. The van der Waals surface area contributed by atoms with Gasteiger partial charge in [-0.25, -0.2) is 4.39 Å². The molecule has 0 N–H and O–H groups in total. The van der Waals surface area contributed by atoms with Gasteiger partial charge < -0.3 is 14.4 Å². The molecule has 0 aliphatic carbocycles. The third kappa shape index (κ3) is 4.77. The van der Waals surface area contributed by atoms with Crippen LogP contribution in [0, 0.1) is 5.82 Å². The second kappa shape index (κ2) is 8.93. The number of fused-ring (bicyclic) bond motifs is 1. The fourth-order valence-electron chi connectivity index (χ4n) is 3.86. The van der Waals surface area contributed by atoms with Crippen LogP contribution >= 0.6 is 0 Å². The van der Waals surface area contributed by atoms with Gasteiger partial charge in [0.1, 0.15) is 18.2 Å². The molecular weight excluding hydrogens is 371 g/mol. The number of carbonyl (C=O) groups is 1. The zero-order valence-corrected chi connectivity index (χ0v) is 16.8.